The average molecular weight is 216 g/mol. The molecule has 0 bridgehead atoms. The fraction of sp³-hybridized carbons (Fsp3) is 0.800. The number of ether oxygens (including phenoxy) is 1. The van der Waals surface area contributed by atoms with E-state index >= 15 is 0 Å². The quantitative estimate of drug-likeness (QED) is 0.745. The predicted octanol–water partition coefficient (Wildman–Crippen LogP) is 0.989. The van der Waals surface area contributed by atoms with Gasteiger partial charge in [0.05, 0.1) is 7.11 Å². The Morgan fingerprint density at radius 1 is 1.40 bits per heavy atom. The van der Waals surface area contributed by atoms with Crippen LogP contribution in [0.5, 0.6) is 0 Å². The molecule has 5 heteroatoms. The summed E-state index contributed by atoms with van der Waals surface area (Å²) in [6.07, 6.45) is 0.325. The highest BCUT2D eigenvalue weighted by Gasteiger charge is 2.16. The minimum Gasteiger partial charge on any atom is -0.453 e. The lowest BCUT2D eigenvalue weighted by atomic mass is 10.3. The highest BCUT2D eigenvalue weighted by molar-refractivity contribution is 5.82. The van der Waals surface area contributed by atoms with Crippen molar-refractivity contribution in [1.82, 2.24) is 10.2 Å². The first-order valence-corrected chi connectivity index (χ1v) is 5.14. The number of hydrogen-bond acceptors (Lipinski definition) is 3. The largest absolute Gasteiger partial charge is 0.453 e. The third kappa shape index (κ3) is 5.24. The van der Waals surface area contributed by atoms with Crippen molar-refractivity contribution in [2.75, 3.05) is 20.2 Å². The molecule has 88 valence electrons. The normalized spacial score (nSPS) is 9.93. The van der Waals surface area contributed by atoms with Crippen LogP contribution < -0.4 is 5.32 Å². The lowest BCUT2D eigenvalue weighted by molar-refractivity contribution is -0.131. The van der Waals surface area contributed by atoms with Gasteiger partial charge < -0.3 is 15.0 Å². The second-order valence-corrected chi connectivity index (χ2v) is 3.53. The number of carbonyl (C=O) groups excluding carboxylic acids is 2. The Kier molecular flexibility index (Phi) is 6.49. The minimum atomic E-state index is -0.580. The fourth-order valence-electron chi connectivity index (χ4n) is 1.23. The van der Waals surface area contributed by atoms with Gasteiger partial charge in [0, 0.05) is 12.6 Å². The van der Waals surface area contributed by atoms with Gasteiger partial charge in [-0.1, -0.05) is 6.92 Å². The van der Waals surface area contributed by atoms with Crippen molar-refractivity contribution in [3.63, 3.8) is 0 Å². The van der Waals surface area contributed by atoms with Crippen LogP contribution in [0.3, 0.4) is 0 Å². The zero-order valence-corrected chi connectivity index (χ0v) is 9.87. The number of nitrogens with one attached hydrogen (secondary N) is 1. The van der Waals surface area contributed by atoms with E-state index in [0.29, 0.717) is 6.54 Å². The van der Waals surface area contributed by atoms with Crippen LogP contribution in [0.1, 0.15) is 27.2 Å². The van der Waals surface area contributed by atoms with Crippen molar-refractivity contribution in [3.05, 3.63) is 0 Å². The Hall–Kier alpha value is -1.26. The maximum atomic E-state index is 11.7. The summed E-state index contributed by atoms with van der Waals surface area (Å²) in [7, 11) is 1.27. The van der Waals surface area contributed by atoms with Crippen LogP contribution in [0.25, 0.3) is 0 Å². The predicted molar refractivity (Wildman–Crippen MR) is 57.5 cm³/mol. The molecular formula is C10H20N2O3. The van der Waals surface area contributed by atoms with Crippen LogP contribution in [-0.4, -0.2) is 43.1 Å². The molecule has 0 unspecified atom stereocenters. The number of methoxy groups -OCH3 is 1. The van der Waals surface area contributed by atoms with E-state index in [1.807, 2.05) is 20.8 Å². The number of alkyl carbamates (subject to hydrolysis) is 1. The molecule has 0 radical (unpaired) electrons. The molecule has 0 aliphatic carbocycles. The summed E-state index contributed by atoms with van der Waals surface area (Å²) in [5.74, 6) is -0.0859. The molecule has 0 aliphatic rings. The standard InChI is InChI=1S/C10H20N2O3/c1-5-6-12(8(2)3)9(13)7-11-10(14)15-4/h8H,5-7H2,1-4H3,(H,11,14). The van der Waals surface area contributed by atoms with E-state index in [2.05, 4.69) is 10.1 Å². The van der Waals surface area contributed by atoms with E-state index in [-0.39, 0.29) is 18.5 Å². The summed E-state index contributed by atoms with van der Waals surface area (Å²) in [6, 6.07) is 0.150. The first kappa shape index (κ1) is 13.7. The second-order valence-electron chi connectivity index (χ2n) is 3.53. The molecule has 0 rings (SSSR count). The maximum absolute atomic E-state index is 11.7. The molecule has 5 nitrogen and oxygen atoms in total. The Balaban J connectivity index is 4.08. The third-order valence-electron chi connectivity index (χ3n) is 1.98. The number of rotatable bonds is 5. The lowest BCUT2D eigenvalue weighted by Crippen LogP contribution is -2.43. The van der Waals surface area contributed by atoms with Crippen molar-refractivity contribution in [3.8, 4) is 0 Å². The summed E-state index contributed by atoms with van der Waals surface area (Å²) in [4.78, 5) is 24.1. The van der Waals surface area contributed by atoms with E-state index in [9.17, 15) is 9.59 Å². The van der Waals surface area contributed by atoms with Gasteiger partial charge >= 0.3 is 6.09 Å². The van der Waals surface area contributed by atoms with Crippen molar-refractivity contribution in [1.29, 1.82) is 0 Å². The Labute approximate surface area is 90.8 Å². The highest BCUT2D eigenvalue weighted by Crippen LogP contribution is 1.99. The molecule has 0 spiro atoms. The van der Waals surface area contributed by atoms with Crippen LogP contribution in [0.15, 0.2) is 0 Å². The zero-order chi connectivity index (χ0) is 11.8. The monoisotopic (exact) mass is 216 g/mol. The number of carbonyl (C=O) groups is 2. The Morgan fingerprint density at radius 2 is 2.00 bits per heavy atom. The van der Waals surface area contributed by atoms with E-state index in [1.54, 1.807) is 4.90 Å². The van der Waals surface area contributed by atoms with Gasteiger partial charge in [-0.05, 0) is 20.3 Å². The van der Waals surface area contributed by atoms with Crippen molar-refractivity contribution < 1.29 is 14.3 Å². The number of amides is 2. The summed E-state index contributed by atoms with van der Waals surface area (Å²) < 4.78 is 4.38. The smallest absolute Gasteiger partial charge is 0.407 e. The summed E-state index contributed by atoms with van der Waals surface area (Å²) in [5, 5.41) is 2.37. The lowest BCUT2D eigenvalue weighted by Gasteiger charge is -2.26. The van der Waals surface area contributed by atoms with E-state index in [4.69, 9.17) is 0 Å². The number of hydrogen-bond donors (Lipinski definition) is 1. The van der Waals surface area contributed by atoms with Gasteiger partial charge in [-0.3, -0.25) is 4.79 Å². The van der Waals surface area contributed by atoms with Crippen LogP contribution in [0.2, 0.25) is 0 Å². The molecule has 2 amide bonds. The molecule has 0 aromatic rings. The number of nitrogens with zero attached hydrogens (tertiary/aromatic N) is 1. The summed E-state index contributed by atoms with van der Waals surface area (Å²) in [6.45, 7) is 6.61. The molecule has 15 heavy (non-hydrogen) atoms. The summed E-state index contributed by atoms with van der Waals surface area (Å²) in [5.41, 5.74) is 0. The molecule has 0 aromatic carbocycles. The van der Waals surface area contributed by atoms with Gasteiger partial charge in [-0.2, -0.15) is 0 Å². The van der Waals surface area contributed by atoms with Crippen LogP contribution in [0.4, 0.5) is 4.79 Å². The molecule has 0 heterocycles. The van der Waals surface area contributed by atoms with E-state index in [0.717, 1.165) is 6.42 Å². The molecule has 0 atom stereocenters. The second kappa shape index (κ2) is 7.09. The molecule has 0 aliphatic heterocycles. The highest BCUT2D eigenvalue weighted by atomic mass is 16.5. The molecule has 0 saturated carbocycles. The van der Waals surface area contributed by atoms with Crippen molar-refractivity contribution in [2.45, 2.75) is 33.2 Å². The molecule has 1 N–H and O–H groups in total. The van der Waals surface area contributed by atoms with E-state index in [1.165, 1.54) is 7.11 Å². The Bertz CT molecular complexity index is 217. The third-order valence-corrected chi connectivity index (χ3v) is 1.98. The first-order chi connectivity index (χ1) is 7.02. The molecular weight excluding hydrogens is 196 g/mol. The fourth-order valence-corrected chi connectivity index (χ4v) is 1.23. The molecule has 0 aromatic heterocycles. The van der Waals surface area contributed by atoms with Crippen molar-refractivity contribution in [2.24, 2.45) is 0 Å². The van der Waals surface area contributed by atoms with E-state index < -0.39 is 6.09 Å². The SMILES string of the molecule is CCCN(C(=O)CNC(=O)OC)C(C)C. The van der Waals surface area contributed by atoms with Gasteiger partial charge in [0.15, 0.2) is 0 Å². The molecule has 0 fully saturated rings. The maximum Gasteiger partial charge on any atom is 0.407 e. The van der Waals surface area contributed by atoms with Crippen LogP contribution in [-0.2, 0) is 9.53 Å². The average Bonchev–Trinajstić information content (AvgIpc) is 2.21. The van der Waals surface area contributed by atoms with Gasteiger partial charge in [0.1, 0.15) is 6.54 Å². The van der Waals surface area contributed by atoms with Crippen molar-refractivity contribution >= 4 is 12.0 Å². The van der Waals surface area contributed by atoms with Crippen LogP contribution in [0, 0.1) is 0 Å². The zero-order valence-electron chi connectivity index (χ0n) is 9.87. The van der Waals surface area contributed by atoms with Crippen LogP contribution >= 0.6 is 0 Å². The first-order valence-electron chi connectivity index (χ1n) is 5.14. The topological polar surface area (TPSA) is 58.6 Å². The summed E-state index contributed by atoms with van der Waals surface area (Å²) >= 11 is 0. The van der Waals surface area contributed by atoms with Gasteiger partial charge in [0.2, 0.25) is 5.91 Å². The van der Waals surface area contributed by atoms with Gasteiger partial charge in [0.25, 0.3) is 0 Å². The Morgan fingerprint density at radius 3 is 2.40 bits per heavy atom. The minimum absolute atomic E-state index is 0.00907. The van der Waals surface area contributed by atoms with Gasteiger partial charge in [-0.25, -0.2) is 4.79 Å². The van der Waals surface area contributed by atoms with Gasteiger partial charge in [-0.15, -0.1) is 0 Å². The molecule has 0 saturated heterocycles.